The van der Waals surface area contributed by atoms with Gasteiger partial charge in [-0.05, 0) is 31.7 Å². The lowest BCUT2D eigenvalue weighted by Crippen LogP contribution is -2.36. The van der Waals surface area contributed by atoms with E-state index < -0.39 is 31.7 Å². The molecule has 1 amide bonds. The van der Waals surface area contributed by atoms with Gasteiger partial charge < -0.3 is 23.8 Å². The van der Waals surface area contributed by atoms with E-state index in [4.69, 9.17) is 14.0 Å². The third kappa shape index (κ3) is 7.64. The molecule has 2 aliphatic rings. The molecule has 0 aliphatic carbocycles. The molecule has 1 aromatic rings. The number of halogens is 1. The molecule has 2 unspecified atom stereocenters. The third-order valence-electron chi connectivity index (χ3n) is 6.07. The summed E-state index contributed by atoms with van der Waals surface area (Å²) in [5, 5.41) is 0. The summed E-state index contributed by atoms with van der Waals surface area (Å²) < 4.78 is 43.7. The molecule has 2 fully saturated rings. The van der Waals surface area contributed by atoms with Gasteiger partial charge in [-0.25, -0.2) is 13.8 Å². The molecule has 2 heterocycles. The van der Waals surface area contributed by atoms with Crippen LogP contribution in [0.2, 0.25) is 0 Å². The van der Waals surface area contributed by atoms with Crippen LogP contribution in [0.25, 0.3) is 0 Å². The van der Waals surface area contributed by atoms with Gasteiger partial charge in [-0.1, -0.05) is 32.6 Å². The number of cyclic esters (lactones) is 1. The van der Waals surface area contributed by atoms with Gasteiger partial charge in [-0.15, -0.1) is 0 Å². The van der Waals surface area contributed by atoms with Gasteiger partial charge >= 0.3 is 19.8 Å². The molecule has 12 heteroatoms. The minimum atomic E-state index is -4.40. The Labute approximate surface area is 205 Å². The van der Waals surface area contributed by atoms with Crippen LogP contribution < -0.4 is 9.80 Å². The van der Waals surface area contributed by atoms with Crippen molar-refractivity contribution in [1.82, 2.24) is 4.67 Å². The summed E-state index contributed by atoms with van der Waals surface area (Å²) in [5.74, 6) is -1.20. The van der Waals surface area contributed by atoms with E-state index in [0.717, 1.165) is 30.4 Å². The first kappa shape index (κ1) is 27.4. The van der Waals surface area contributed by atoms with Crippen LogP contribution in [0.3, 0.4) is 0 Å². The van der Waals surface area contributed by atoms with Gasteiger partial charge in [0.05, 0.1) is 31.1 Å². The largest absolute Gasteiger partial charge is 0.460 e. The summed E-state index contributed by atoms with van der Waals surface area (Å²) in [4.78, 5) is 37.8. The van der Waals surface area contributed by atoms with E-state index in [0.29, 0.717) is 44.1 Å². The van der Waals surface area contributed by atoms with Gasteiger partial charge in [-0.2, -0.15) is 4.67 Å². The number of hydrogen-bond donors (Lipinski definition) is 1. The number of nitrogens with zero attached hydrogens (tertiary/aromatic N) is 3. The van der Waals surface area contributed by atoms with Gasteiger partial charge in [-0.3, -0.25) is 9.69 Å². The fourth-order valence-electron chi connectivity index (χ4n) is 4.07. The number of morpholine rings is 1. The zero-order valence-electron chi connectivity index (χ0n) is 20.4. The van der Waals surface area contributed by atoms with E-state index in [2.05, 4.69) is 6.92 Å². The number of hydrogen-bond acceptors (Lipinski definition) is 7. The molecule has 2 atom stereocenters. The van der Waals surface area contributed by atoms with Crippen LogP contribution in [0.15, 0.2) is 18.2 Å². The van der Waals surface area contributed by atoms with Crippen molar-refractivity contribution in [3.63, 3.8) is 0 Å². The van der Waals surface area contributed by atoms with Crippen molar-refractivity contribution in [3.05, 3.63) is 24.0 Å². The number of ether oxygens (including phenoxy) is 2. The van der Waals surface area contributed by atoms with Crippen molar-refractivity contribution < 1.29 is 37.4 Å². The standard InChI is InChI=1S/C23H35FN3O7P/c1-3-4-5-6-7-8-22(28)34-35(30,31)25(2)16-19-17-27(23(29)33-19)18-9-10-21(20(24)15-18)26-11-13-32-14-12-26/h9-10,15,19H,3-8,11-14,16-17H2,1-2H3,(H,30,31). The molecule has 1 aromatic carbocycles. The SMILES string of the molecule is CCCCCCCC(=O)OP(=O)(O)N(C)CC1CN(c2ccc(N3CCOCC3)c(F)c2)C(=O)O1. The lowest BCUT2D eigenvalue weighted by molar-refractivity contribution is -0.135. The van der Waals surface area contributed by atoms with E-state index in [1.165, 1.54) is 18.0 Å². The summed E-state index contributed by atoms with van der Waals surface area (Å²) in [7, 11) is -3.07. The first-order chi connectivity index (χ1) is 16.7. The topological polar surface area (TPSA) is 109 Å². The zero-order chi connectivity index (χ0) is 25.4. The smallest absolute Gasteiger partial charge is 0.443 e. The van der Waals surface area contributed by atoms with E-state index >= 15 is 0 Å². The maximum atomic E-state index is 14.8. The van der Waals surface area contributed by atoms with Crippen LogP contribution in [0, 0.1) is 5.82 Å². The van der Waals surface area contributed by atoms with E-state index in [1.807, 2.05) is 4.90 Å². The third-order valence-corrected chi connectivity index (χ3v) is 7.54. The van der Waals surface area contributed by atoms with Crippen molar-refractivity contribution >= 4 is 31.2 Å². The van der Waals surface area contributed by atoms with Crippen molar-refractivity contribution in [2.75, 3.05) is 56.2 Å². The Hall–Kier alpha value is -2.20. The van der Waals surface area contributed by atoms with Crippen LogP contribution >= 0.6 is 7.75 Å². The Morgan fingerprint density at radius 3 is 2.66 bits per heavy atom. The first-order valence-electron chi connectivity index (χ1n) is 12.1. The zero-order valence-corrected chi connectivity index (χ0v) is 21.3. The number of carbonyl (C=O) groups is 2. The average molecular weight is 516 g/mol. The minimum Gasteiger partial charge on any atom is -0.443 e. The molecular formula is C23H35FN3O7P. The summed E-state index contributed by atoms with van der Waals surface area (Å²) >= 11 is 0. The van der Waals surface area contributed by atoms with Gasteiger partial charge in [0.25, 0.3) is 0 Å². The Morgan fingerprint density at radius 2 is 1.97 bits per heavy atom. The second-order valence-electron chi connectivity index (χ2n) is 8.81. The summed E-state index contributed by atoms with van der Waals surface area (Å²) in [6.45, 7) is 4.24. The molecule has 0 spiro atoms. The van der Waals surface area contributed by atoms with E-state index in [9.17, 15) is 23.4 Å². The van der Waals surface area contributed by atoms with Gasteiger partial charge in [0, 0.05) is 26.1 Å². The fourth-order valence-corrected chi connectivity index (χ4v) is 4.96. The predicted molar refractivity (Wildman–Crippen MR) is 129 cm³/mol. The molecule has 35 heavy (non-hydrogen) atoms. The monoisotopic (exact) mass is 515 g/mol. The Morgan fingerprint density at radius 1 is 1.26 bits per heavy atom. The second-order valence-corrected chi connectivity index (χ2v) is 10.7. The lowest BCUT2D eigenvalue weighted by Gasteiger charge is -2.29. The second kappa shape index (κ2) is 12.7. The Kier molecular flexibility index (Phi) is 9.91. The summed E-state index contributed by atoms with van der Waals surface area (Å²) in [5.41, 5.74) is 0.769. The molecule has 2 saturated heterocycles. The lowest BCUT2D eigenvalue weighted by atomic mass is 10.1. The van der Waals surface area contributed by atoms with Gasteiger partial charge in [0.15, 0.2) is 0 Å². The molecule has 3 rings (SSSR count). The molecule has 10 nitrogen and oxygen atoms in total. The van der Waals surface area contributed by atoms with Crippen molar-refractivity contribution in [2.45, 2.75) is 51.6 Å². The number of carbonyl (C=O) groups excluding carboxylic acids is 2. The highest BCUT2D eigenvalue weighted by atomic mass is 31.2. The Bertz CT molecular complexity index is 928. The van der Waals surface area contributed by atoms with Crippen LogP contribution in [0.1, 0.15) is 45.4 Å². The van der Waals surface area contributed by atoms with E-state index in [-0.39, 0.29) is 19.5 Å². The molecular weight excluding hydrogens is 480 g/mol. The van der Waals surface area contributed by atoms with Crippen molar-refractivity contribution in [1.29, 1.82) is 0 Å². The number of rotatable bonds is 12. The number of benzene rings is 1. The number of unbranched alkanes of at least 4 members (excludes halogenated alkanes) is 4. The molecule has 0 saturated carbocycles. The van der Waals surface area contributed by atoms with Crippen LogP contribution in [-0.4, -0.2) is 74.2 Å². The van der Waals surface area contributed by atoms with Crippen LogP contribution in [0.4, 0.5) is 20.6 Å². The molecule has 0 radical (unpaired) electrons. The highest BCUT2D eigenvalue weighted by Crippen LogP contribution is 2.46. The molecule has 1 N–H and O–H groups in total. The normalized spacial score (nSPS) is 20.1. The maximum absolute atomic E-state index is 14.8. The molecule has 2 aliphatic heterocycles. The molecule has 196 valence electrons. The number of amides is 1. The number of anilines is 2. The first-order valence-corrected chi connectivity index (χ1v) is 13.6. The predicted octanol–water partition coefficient (Wildman–Crippen LogP) is 3.92. The highest BCUT2D eigenvalue weighted by molar-refractivity contribution is 7.50. The quantitative estimate of drug-likeness (QED) is 0.327. The highest BCUT2D eigenvalue weighted by Gasteiger charge is 2.38. The van der Waals surface area contributed by atoms with E-state index in [1.54, 1.807) is 12.1 Å². The Balaban J connectivity index is 1.52. The number of likely N-dealkylation sites (N-methyl/N-ethyl adjacent to an activating group) is 1. The van der Waals surface area contributed by atoms with Crippen molar-refractivity contribution in [3.8, 4) is 0 Å². The van der Waals surface area contributed by atoms with Crippen molar-refractivity contribution in [2.24, 2.45) is 0 Å². The summed E-state index contributed by atoms with van der Waals surface area (Å²) in [6.07, 6.45) is 3.25. The minimum absolute atomic E-state index is 0.0604. The van der Waals surface area contributed by atoms with Gasteiger partial charge in [0.1, 0.15) is 11.9 Å². The van der Waals surface area contributed by atoms with Crippen LogP contribution in [-0.2, 0) is 23.4 Å². The maximum Gasteiger partial charge on any atom is 0.460 e. The molecule has 0 bridgehead atoms. The van der Waals surface area contributed by atoms with Gasteiger partial charge in [0.2, 0.25) is 0 Å². The average Bonchev–Trinajstić information content (AvgIpc) is 3.19. The molecule has 0 aromatic heterocycles. The summed E-state index contributed by atoms with van der Waals surface area (Å²) in [6, 6.07) is 4.53. The fraction of sp³-hybridized carbons (Fsp3) is 0.652. The van der Waals surface area contributed by atoms with Crippen LogP contribution in [0.5, 0.6) is 0 Å².